The fourth-order valence-electron chi connectivity index (χ4n) is 3.48. The Bertz CT molecular complexity index is 1120. The molecule has 7 nitrogen and oxygen atoms in total. The molecule has 0 aliphatic carbocycles. The van der Waals surface area contributed by atoms with Crippen molar-refractivity contribution in [2.45, 2.75) is 65.6 Å². The van der Waals surface area contributed by atoms with E-state index in [1.54, 1.807) is 43.3 Å². The van der Waals surface area contributed by atoms with Crippen LogP contribution < -0.4 is 9.62 Å². The van der Waals surface area contributed by atoms with Crippen LogP contribution in [0, 0.1) is 0 Å². The van der Waals surface area contributed by atoms with E-state index in [1.807, 2.05) is 46.8 Å². The molecule has 2 aromatic carbocycles. The first-order valence-electron chi connectivity index (χ1n) is 11.5. The standard InChI is InChI=1S/C26H36ClN3O4S/c1-18(2)21-10-14-23(15-11-21)30(35(7,33)34)17-24(31)29(16-20-8-12-22(27)13-9-20)19(3)25(32)28-26(4,5)6/h8-15,18-19H,16-17H2,1-7H3,(H,28,32). The van der Waals surface area contributed by atoms with Gasteiger partial charge in [-0.25, -0.2) is 8.42 Å². The van der Waals surface area contributed by atoms with Gasteiger partial charge in [-0.15, -0.1) is 0 Å². The molecule has 1 atom stereocenters. The zero-order chi connectivity index (χ0) is 26.6. The van der Waals surface area contributed by atoms with E-state index >= 15 is 0 Å². The number of carbonyl (C=O) groups is 2. The van der Waals surface area contributed by atoms with E-state index in [4.69, 9.17) is 11.6 Å². The highest BCUT2D eigenvalue weighted by Gasteiger charge is 2.31. The van der Waals surface area contributed by atoms with Crippen LogP contribution in [0.2, 0.25) is 5.02 Å². The lowest BCUT2D eigenvalue weighted by atomic mass is 10.0. The Hall–Kier alpha value is -2.58. The second kappa shape index (κ2) is 11.4. The van der Waals surface area contributed by atoms with Crippen LogP contribution >= 0.6 is 11.6 Å². The molecule has 1 N–H and O–H groups in total. The van der Waals surface area contributed by atoms with E-state index < -0.39 is 34.1 Å². The Balaban J connectivity index is 2.39. The predicted molar refractivity (Wildman–Crippen MR) is 142 cm³/mol. The first-order chi connectivity index (χ1) is 16.1. The number of rotatable bonds is 9. The fraction of sp³-hybridized carbons (Fsp3) is 0.462. The van der Waals surface area contributed by atoms with Crippen LogP contribution in [0.25, 0.3) is 0 Å². The summed E-state index contributed by atoms with van der Waals surface area (Å²) in [4.78, 5) is 27.9. The molecule has 2 aromatic rings. The second-order valence-electron chi connectivity index (χ2n) is 10.1. The maximum Gasteiger partial charge on any atom is 0.244 e. The van der Waals surface area contributed by atoms with Gasteiger partial charge in [0.2, 0.25) is 21.8 Å². The number of anilines is 1. The SMILES string of the molecule is CC(C)c1ccc(N(CC(=O)N(Cc2ccc(Cl)cc2)C(C)C(=O)NC(C)(C)C)S(C)(=O)=O)cc1. The lowest BCUT2D eigenvalue weighted by molar-refractivity contribution is -0.140. The van der Waals surface area contributed by atoms with Gasteiger partial charge in [-0.2, -0.15) is 0 Å². The highest BCUT2D eigenvalue weighted by Crippen LogP contribution is 2.23. The summed E-state index contributed by atoms with van der Waals surface area (Å²) in [5.41, 5.74) is 1.73. The van der Waals surface area contributed by atoms with Gasteiger partial charge in [-0.3, -0.25) is 13.9 Å². The third kappa shape index (κ3) is 8.54. The summed E-state index contributed by atoms with van der Waals surface area (Å²) in [5.74, 6) is -0.531. The van der Waals surface area contributed by atoms with Crippen molar-refractivity contribution in [1.82, 2.24) is 10.2 Å². The van der Waals surface area contributed by atoms with Gasteiger partial charge in [0.05, 0.1) is 11.9 Å². The second-order valence-corrected chi connectivity index (χ2v) is 12.4. The summed E-state index contributed by atoms with van der Waals surface area (Å²) in [6, 6.07) is 13.2. The number of carbonyl (C=O) groups excluding carboxylic acids is 2. The van der Waals surface area contributed by atoms with Gasteiger partial charge in [-0.1, -0.05) is 49.7 Å². The first-order valence-corrected chi connectivity index (χ1v) is 13.7. The van der Waals surface area contributed by atoms with Crippen LogP contribution in [0.1, 0.15) is 58.6 Å². The highest BCUT2D eigenvalue weighted by molar-refractivity contribution is 7.92. The number of sulfonamides is 1. The monoisotopic (exact) mass is 521 g/mol. The molecule has 0 aromatic heterocycles. The predicted octanol–water partition coefficient (Wildman–Crippen LogP) is 4.56. The summed E-state index contributed by atoms with van der Waals surface area (Å²) >= 11 is 6.00. The zero-order valence-electron chi connectivity index (χ0n) is 21.5. The summed E-state index contributed by atoms with van der Waals surface area (Å²) in [6.45, 7) is 11.0. The number of hydrogen-bond acceptors (Lipinski definition) is 4. The van der Waals surface area contributed by atoms with Crippen LogP contribution in [-0.2, 0) is 26.2 Å². The van der Waals surface area contributed by atoms with Gasteiger partial charge in [0.25, 0.3) is 0 Å². The molecule has 0 aliphatic heterocycles. The average Bonchev–Trinajstić information content (AvgIpc) is 2.74. The molecule has 2 rings (SSSR count). The number of hydrogen-bond donors (Lipinski definition) is 1. The Morgan fingerprint density at radius 1 is 0.971 bits per heavy atom. The van der Waals surface area contributed by atoms with Crippen molar-refractivity contribution in [2.24, 2.45) is 0 Å². The van der Waals surface area contributed by atoms with Crippen molar-refractivity contribution in [3.8, 4) is 0 Å². The van der Waals surface area contributed by atoms with Crippen molar-refractivity contribution >= 4 is 39.1 Å². The van der Waals surface area contributed by atoms with Gasteiger partial charge in [-0.05, 0) is 69.0 Å². The average molecular weight is 522 g/mol. The minimum Gasteiger partial charge on any atom is -0.350 e. The number of nitrogens with zero attached hydrogens (tertiary/aromatic N) is 2. The molecule has 0 fully saturated rings. The third-order valence-corrected chi connectivity index (χ3v) is 6.85. The maximum atomic E-state index is 13.5. The lowest BCUT2D eigenvalue weighted by Crippen LogP contribution is -2.54. The number of amides is 2. The van der Waals surface area contributed by atoms with Crippen molar-refractivity contribution in [3.63, 3.8) is 0 Å². The molecule has 1 unspecified atom stereocenters. The molecule has 0 heterocycles. The zero-order valence-corrected chi connectivity index (χ0v) is 23.1. The summed E-state index contributed by atoms with van der Waals surface area (Å²) in [7, 11) is -3.77. The molecule has 0 saturated carbocycles. The van der Waals surface area contributed by atoms with Crippen LogP contribution in [0.4, 0.5) is 5.69 Å². The number of nitrogens with one attached hydrogen (secondary N) is 1. The maximum absolute atomic E-state index is 13.5. The molecule has 0 spiro atoms. The normalized spacial score (nSPS) is 12.8. The molecule has 35 heavy (non-hydrogen) atoms. The van der Waals surface area contributed by atoms with E-state index in [9.17, 15) is 18.0 Å². The van der Waals surface area contributed by atoms with Crippen molar-refractivity contribution < 1.29 is 18.0 Å². The quantitative estimate of drug-likeness (QED) is 0.524. The summed E-state index contributed by atoms with van der Waals surface area (Å²) < 4.78 is 26.4. The Morgan fingerprint density at radius 3 is 1.97 bits per heavy atom. The van der Waals surface area contributed by atoms with E-state index in [0.717, 1.165) is 21.7 Å². The van der Waals surface area contributed by atoms with E-state index in [0.29, 0.717) is 10.7 Å². The Labute approximate surface area is 214 Å². The summed E-state index contributed by atoms with van der Waals surface area (Å²) in [5, 5.41) is 3.45. The minimum absolute atomic E-state index is 0.124. The highest BCUT2D eigenvalue weighted by atomic mass is 35.5. The van der Waals surface area contributed by atoms with Crippen molar-refractivity contribution in [1.29, 1.82) is 0 Å². The smallest absolute Gasteiger partial charge is 0.244 e. The van der Waals surface area contributed by atoms with Crippen LogP contribution in [0.3, 0.4) is 0 Å². The van der Waals surface area contributed by atoms with E-state index in [2.05, 4.69) is 5.32 Å². The molecule has 192 valence electrons. The summed E-state index contributed by atoms with van der Waals surface area (Å²) in [6.07, 6.45) is 1.07. The number of benzene rings is 2. The van der Waals surface area contributed by atoms with E-state index in [1.165, 1.54) is 4.90 Å². The molecule has 0 bridgehead atoms. The van der Waals surface area contributed by atoms with Gasteiger partial charge in [0.1, 0.15) is 12.6 Å². The molecule has 0 radical (unpaired) electrons. The Kier molecular flexibility index (Phi) is 9.36. The topological polar surface area (TPSA) is 86.8 Å². The lowest BCUT2D eigenvalue weighted by Gasteiger charge is -2.33. The minimum atomic E-state index is -3.77. The number of halogens is 1. The molecular formula is C26H36ClN3O4S. The molecule has 0 aliphatic rings. The van der Waals surface area contributed by atoms with Crippen LogP contribution in [0.15, 0.2) is 48.5 Å². The van der Waals surface area contributed by atoms with Crippen LogP contribution in [-0.4, -0.2) is 49.5 Å². The van der Waals surface area contributed by atoms with Crippen molar-refractivity contribution in [2.75, 3.05) is 17.1 Å². The van der Waals surface area contributed by atoms with Gasteiger partial charge in [0.15, 0.2) is 0 Å². The van der Waals surface area contributed by atoms with Crippen molar-refractivity contribution in [3.05, 3.63) is 64.7 Å². The largest absolute Gasteiger partial charge is 0.350 e. The Morgan fingerprint density at radius 2 is 1.51 bits per heavy atom. The van der Waals surface area contributed by atoms with E-state index in [-0.39, 0.29) is 18.4 Å². The first kappa shape index (κ1) is 28.7. The third-order valence-electron chi connectivity index (χ3n) is 5.46. The van der Waals surface area contributed by atoms with Gasteiger partial charge >= 0.3 is 0 Å². The fourth-order valence-corrected chi connectivity index (χ4v) is 4.46. The molecule has 0 saturated heterocycles. The molecular weight excluding hydrogens is 486 g/mol. The van der Waals surface area contributed by atoms with Gasteiger partial charge in [0, 0.05) is 17.1 Å². The van der Waals surface area contributed by atoms with Gasteiger partial charge < -0.3 is 10.2 Å². The van der Waals surface area contributed by atoms with Crippen LogP contribution in [0.5, 0.6) is 0 Å². The molecule has 2 amide bonds. The molecule has 9 heteroatoms.